The van der Waals surface area contributed by atoms with Gasteiger partial charge in [0.2, 0.25) is 0 Å². The largest absolute Gasteiger partial charge is 0.367 e. The fourth-order valence-electron chi connectivity index (χ4n) is 6.01. The first-order chi connectivity index (χ1) is 19.7. The van der Waals surface area contributed by atoms with Crippen LogP contribution in [0.3, 0.4) is 0 Å². The Morgan fingerprint density at radius 3 is 2.43 bits per heavy atom. The van der Waals surface area contributed by atoms with E-state index >= 15 is 0 Å². The number of H-pyrrole nitrogens is 1. The predicted molar refractivity (Wildman–Crippen MR) is 172 cm³/mol. The molecular formula is C34H44N6O2. The minimum absolute atomic E-state index is 0.0500. The second-order valence-corrected chi connectivity index (χ2v) is 12.8. The third kappa shape index (κ3) is 7.05. The minimum atomic E-state index is -0.360. The monoisotopic (exact) mass is 568 g/mol. The molecule has 0 atom stereocenters. The molecule has 0 radical (unpaired) electrons. The summed E-state index contributed by atoms with van der Waals surface area (Å²) in [7, 11) is 0. The molecule has 1 aromatic carbocycles. The number of pyridine rings is 2. The number of nitrogens with zero attached hydrogens (tertiary/aromatic N) is 1. The Balaban J connectivity index is 1.71. The first-order valence-corrected chi connectivity index (χ1v) is 14.6. The van der Waals surface area contributed by atoms with Gasteiger partial charge in [-0.1, -0.05) is 36.4 Å². The summed E-state index contributed by atoms with van der Waals surface area (Å²) in [4.78, 5) is 34.7. The van der Waals surface area contributed by atoms with Crippen molar-refractivity contribution in [2.75, 3.05) is 5.32 Å². The molecule has 1 aliphatic heterocycles. The molecule has 222 valence electrons. The average molecular weight is 569 g/mol. The Morgan fingerprint density at radius 2 is 1.81 bits per heavy atom. The second-order valence-electron chi connectivity index (χ2n) is 12.8. The van der Waals surface area contributed by atoms with Crippen molar-refractivity contribution in [2.24, 2.45) is 0 Å². The van der Waals surface area contributed by atoms with Crippen LogP contribution < -0.4 is 21.5 Å². The van der Waals surface area contributed by atoms with Gasteiger partial charge in [-0.05, 0) is 96.6 Å². The van der Waals surface area contributed by atoms with Crippen molar-refractivity contribution in [1.82, 2.24) is 20.6 Å². The number of anilines is 1. The summed E-state index contributed by atoms with van der Waals surface area (Å²) < 4.78 is 0. The quantitative estimate of drug-likeness (QED) is 0.213. The summed E-state index contributed by atoms with van der Waals surface area (Å²) in [5, 5.41) is 18.1. The lowest BCUT2D eigenvalue weighted by Crippen LogP contribution is -2.53. The number of nitrogens with one attached hydrogen (secondary N) is 5. The molecule has 3 aromatic rings. The average Bonchev–Trinajstić information content (AvgIpc) is 2.88. The van der Waals surface area contributed by atoms with Crippen LogP contribution in [-0.2, 0) is 13.0 Å². The van der Waals surface area contributed by atoms with Gasteiger partial charge in [-0.3, -0.25) is 9.59 Å². The number of rotatable bonds is 9. The Morgan fingerprint density at radius 1 is 1.12 bits per heavy atom. The van der Waals surface area contributed by atoms with Gasteiger partial charge in [0.05, 0.1) is 11.3 Å². The van der Waals surface area contributed by atoms with Crippen molar-refractivity contribution in [3.8, 4) is 0 Å². The molecule has 5 N–H and O–H groups in total. The Kier molecular flexibility index (Phi) is 8.87. The van der Waals surface area contributed by atoms with Crippen molar-refractivity contribution in [1.29, 1.82) is 5.41 Å². The van der Waals surface area contributed by atoms with Gasteiger partial charge in [0.25, 0.3) is 11.5 Å². The number of hydrogen-bond donors (Lipinski definition) is 5. The highest BCUT2D eigenvalue weighted by Crippen LogP contribution is 2.34. The lowest BCUT2D eigenvalue weighted by molar-refractivity contribution is 0.0950. The standard InChI is InChI=1S/C34H44N6O2/c1-20(2)37-30-27(18-35)26(15-29(39-30)24-16-33(5,6)40-34(7,8)17-24)31(41)36-19-28-21(3)25(22(4)38-32(28)42)14-23-12-10-9-11-13-23/h9-13,15-16,18,20,35,40H,14,17,19H2,1-8H3,(H,36,41)(H,37,39)(H,38,42). The third-order valence-corrected chi connectivity index (χ3v) is 7.61. The number of benzene rings is 1. The van der Waals surface area contributed by atoms with Gasteiger partial charge in [-0.25, -0.2) is 4.98 Å². The van der Waals surface area contributed by atoms with Gasteiger partial charge >= 0.3 is 0 Å². The van der Waals surface area contributed by atoms with Crippen molar-refractivity contribution in [3.63, 3.8) is 0 Å². The number of aromatic nitrogens is 2. The molecule has 8 heteroatoms. The van der Waals surface area contributed by atoms with E-state index in [4.69, 9.17) is 10.4 Å². The number of aryl methyl sites for hydroxylation is 1. The Bertz CT molecular complexity index is 1580. The fraction of sp³-hybridized carbons (Fsp3) is 0.412. The van der Waals surface area contributed by atoms with Crippen molar-refractivity contribution in [3.05, 3.63) is 97.6 Å². The van der Waals surface area contributed by atoms with E-state index in [2.05, 4.69) is 66.8 Å². The summed E-state index contributed by atoms with van der Waals surface area (Å²) in [5.74, 6) is 0.133. The van der Waals surface area contributed by atoms with Gasteiger partial charge in [0.1, 0.15) is 5.82 Å². The van der Waals surface area contributed by atoms with Crippen molar-refractivity contribution in [2.45, 2.75) is 91.9 Å². The highest BCUT2D eigenvalue weighted by Gasteiger charge is 2.33. The number of amides is 1. The second kappa shape index (κ2) is 12.1. The van der Waals surface area contributed by atoms with Gasteiger partial charge in [0.15, 0.2) is 0 Å². The van der Waals surface area contributed by atoms with E-state index in [0.29, 0.717) is 34.6 Å². The van der Waals surface area contributed by atoms with Crippen molar-refractivity contribution >= 4 is 23.5 Å². The summed E-state index contributed by atoms with van der Waals surface area (Å²) in [6.07, 6.45) is 4.75. The zero-order valence-electron chi connectivity index (χ0n) is 26.1. The van der Waals surface area contributed by atoms with E-state index in [0.717, 1.165) is 34.4 Å². The molecule has 0 spiro atoms. The van der Waals surface area contributed by atoms with Gasteiger partial charge in [-0.15, -0.1) is 0 Å². The zero-order valence-corrected chi connectivity index (χ0v) is 26.1. The normalized spacial score (nSPS) is 15.7. The maximum absolute atomic E-state index is 13.8. The molecule has 4 rings (SSSR count). The number of aromatic amines is 1. The Labute approximate surface area is 249 Å². The smallest absolute Gasteiger partial charge is 0.253 e. The summed E-state index contributed by atoms with van der Waals surface area (Å²) >= 11 is 0. The van der Waals surface area contributed by atoms with Crippen LogP contribution in [0.25, 0.3) is 5.57 Å². The fourth-order valence-corrected chi connectivity index (χ4v) is 6.01. The van der Waals surface area contributed by atoms with E-state index in [1.54, 1.807) is 6.07 Å². The van der Waals surface area contributed by atoms with Crippen LogP contribution in [0.2, 0.25) is 0 Å². The van der Waals surface area contributed by atoms with E-state index in [1.165, 1.54) is 6.21 Å². The molecule has 1 aliphatic rings. The molecule has 42 heavy (non-hydrogen) atoms. The molecule has 0 saturated carbocycles. The zero-order chi connectivity index (χ0) is 30.8. The summed E-state index contributed by atoms with van der Waals surface area (Å²) in [5.41, 5.74) is 6.28. The first kappa shape index (κ1) is 30.9. The number of hydrogen-bond acceptors (Lipinski definition) is 6. The molecule has 0 unspecified atom stereocenters. The van der Waals surface area contributed by atoms with Crippen LogP contribution in [0.4, 0.5) is 5.82 Å². The molecule has 2 aromatic heterocycles. The lowest BCUT2D eigenvalue weighted by atomic mass is 9.82. The van der Waals surface area contributed by atoms with Crippen LogP contribution >= 0.6 is 0 Å². The van der Waals surface area contributed by atoms with E-state index in [1.807, 2.05) is 45.9 Å². The van der Waals surface area contributed by atoms with Crippen LogP contribution in [0, 0.1) is 19.3 Å². The molecule has 0 bridgehead atoms. The maximum Gasteiger partial charge on any atom is 0.253 e. The van der Waals surface area contributed by atoms with Crippen LogP contribution in [0.5, 0.6) is 0 Å². The van der Waals surface area contributed by atoms with Gasteiger partial charge in [0, 0.05) is 46.7 Å². The maximum atomic E-state index is 13.8. The molecule has 0 fully saturated rings. The van der Waals surface area contributed by atoms with Crippen LogP contribution in [-0.4, -0.2) is 39.2 Å². The Hall–Kier alpha value is -4.04. The molecule has 0 aliphatic carbocycles. The lowest BCUT2D eigenvalue weighted by Gasteiger charge is -2.41. The van der Waals surface area contributed by atoms with E-state index in [9.17, 15) is 9.59 Å². The van der Waals surface area contributed by atoms with Gasteiger partial charge in [-0.2, -0.15) is 0 Å². The minimum Gasteiger partial charge on any atom is -0.367 e. The van der Waals surface area contributed by atoms with Crippen LogP contribution in [0.1, 0.15) is 97.5 Å². The molecule has 1 amide bonds. The topological polar surface area (TPSA) is 123 Å². The van der Waals surface area contributed by atoms with E-state index in [-0.39, 0.29) is 35.1 Å². The third-order valence-electron chi connectivity index (χ3n) is 7.61. The number of carbonyl (C=O) groups is 1. The number of carbonyl (C=O) groups excluding carboxylic acids is 1. The molecule has 3 heterocycles. The molecule has 8 nitrogen and oxygen atoms in total. The van der Waals surface area contributed by atoms with Crippen LogP contribution in [0.15, 0.2) is 47.3 Å². The summed E-state index contributed by atoms with van der Waals surface area (Å²) in [6, 6.07) is 11.9. The highest BCUT2D eigenvalue weighted by molar-refractivity contribution is 6.05. The van der Waals surface area contributed by atoms with Gasteiger partial charge < -0.3 is 26.3 Å². The summed E-state index contributed by atoms with van der Waals surface area (Å²) in [6.45, 7) is 16.5. The predicted octanol–water partition coefficient (Wildman–Crippen LogP) is 5.66. The first-order valence-electron chi connectivity index (χ1n) is 14.6. The highest BCUT2D eigenvalue weighted by atomic mass is 16.1. The molecular weight excluding hydrogens is 524 g/mol. The SMILES string of the molecule is Cc1[nH]c(=O)c(CNC(=O)c2cc(C3=CC(C)(C)NC(C)(C)C3)nc(NC(C)C)c2C=N)c(C)c1Cc1ccccc1. The molecule has 0 saturated heterocycles. The van der Waals surface area contributed by atoms with E-state index < -0.39 is 0 Å². The van der Waals surface area contributed by atoms with Crippen molar-refractivity contribution < 1.29 is 4.79 Å².